The van der Waals surface area contributed by atoms with Crippen molar-refractivity contribution < 1.29 is 4.74 Å². The number of aromatic nitrogens is 4. The van der Waals surface area contributed by atoms with Gasteiger partial charge in [0.1, 0.15) is 5.75 Å². The molecule has 1 saturated heterocycles. The van der Waals surface area contributed by atoms with E-state index < -0.39 is 0 Å². The first-order valence-electron chi connectivity index (χ1n) is 10.4. The Bertz CT molecular complexity index is 1190. The summed E-state index contributed by atoms with van der Waals surface area (Å²) < 4.78 is 5.22. The summed E-state index contributed by atoms with van der Waals surface area (Å²) in [5.74, 6) is 2.70. The molecule has 5 rings (SSSR count). The predicted molar refractivity (Wildman–Crippen MR) is 123 cm³/mol. The Balaban J connectivity index is 1.27. The molecule has 2 aromatic heterocycles. The van der Waals surface area contributed by atoms with Gasteiger partial charge in [0.15, 0.2) is 11.6 Å². The smallest absolute Gasteiger partial charge is 0.151 e. The van der Waals surface area contributed by atoms with Crippen LogP contribution < -0.4 is 14.5 Å². The van der Waals surface area contributed by atoms with Gasteiger partial charge in [0.05, 0.1) is 29.5 Å². The average Bonchev–Trinajstić information content (AvgIpc) is 2.84. The van der Waals surface area contributed by atoms with Crippen molar-refractivity contribution in [1.29, 1.82) is 0 Å². The van der Waals surface area contributed by atoms with Crippen molar-refractivity contribution in [2.75, 3.05) is 43.1 Å². The molecule has 31 heavy (non-hydrogen) atoms. The standard InChI is InChI=1S/C24H24N6O/c1-17-24(26-22-6-4-3-5-21(22)25-17)30-15-13-29(14-16-30)23-12-11-20(27-28-23)18-7-9-19(31-2)10-8-18/h3-12H,13-16H2,1-2H3. The summed E-state index contributed by atoms with van der Waals surface area (Å²) in [5, 5.41) is 8.91. The summed E-state index contributed by atoms with van der Waals surface area (Å²) in [5.41, 5.74) is 4.72. The van der Waals surface area contributed by atoms with Gasteiger partial charge in [0, 0.05) is 31.7 Å². The molecule has 3 heterocycles. The summed E-state index contributed by atoms with van der Waals surface area (Å²) in [6.45, 7) is 5.51. The van der Waals surface area contributed by atoms with E-state index in [-0.39, 0.29) is 0 Å². The van der Waals surface area contributed by atoms with Crippen LogP contribution in [0.1, 0.15) is 5.69 Å². The fourth-order valence-electron chi connectivity index (χ4n) is 3.94. The second-order valence-corrected chi connectivity index (χ2v) is 7.60. The molecule has 1 aliphatic heterocycles. The minimum absolute atomic E-state index is 0.831. The maximum Gasteiger partial charge on any atom is 0.151 e. The maximum atomic E-state index is 5.22. The highest BCUT2D eigenvalue weighted by Gasteiger charge is 2.21. The third kappa shape index (κ3) is 3.86. The van der Waals surface area contributed by atoms with Crippen molar-refractivity contribution in [2.24, 2.45) is 0 Å². The van der Waals surface area contributed by atoms with Crippen molar-refractivity contribution >= 4 is 22.7 Å². The molecule has 4 aromatic rings. The molecule has 0 radical (unpaired) electrons. The molecule has 0 N–H and O–H groups in total. The summed E-state index contributed by atoms with van der Waals surface area (Å²) >= 11 is 0. The minimum Gasteiger partial charge on any atom is -0.497 e. The molecule has 2 aromatic carbocycles. The van der Waals surface area contributed by atoms with Gasteiger partial charge in [-0.05, 0) is 55.5 Å². The Hall–Kier alpha value is -3.74. The van der Waals surface area contributed by atoms with E-state index >= 15 is 0 Å². The number of nitrogens with zero attached hydrogens (tertiary/aromatic N) is 6. The largest absolute Gasteiger partial charge is 0.497 e. The molecule has 1 fully saturated rings. The van der Waals surface area contributed by atoms with Crippen molar-refractivity contribution in [2.45, 2.75) is 6.92 Å². The molecule has 7 heteroatoms. The van der Waals surface area contributed by atoms with Crippen LogP contribution in [0.15, 0.2) is 60.7 Å². The van der Waals surface area contributed by atoms with Crippen LogP contribution in [0.3, 0.4) is 0 Å². The number of rotatable bonds is 4. The first-order chi connectivity index (χ1) is 15.2. The Morgan fingerprint density at radius 3 is 2.06 bits per heavy atom. The topological polar surface area (TPSA) is 67.3 Å². The zero-order valence-electron chi connectivity index (χ0n) is 17.7. The van der Waals surface area contributed by atoms with Crippen LogP contribution in [-0.2, 0) is 0 Å². The van der Waals surface area contributed by atoms with Gasteiger partial charge in [-0.3, -0.25) is 0 Å². The number of para-hydroxylation sites is 2. The van der Waals surface area contributed by atoms with Crippen molar-refractivity contribution in [3.8, 4) is 17.0 Å². The highest BCUT2D eigenvalue weighted by Crippen LogP contribution is 2.24. The zero-order valence-corrected chi connectivity index (χ0v) is 17.7. The summed E-state index contributed by atoms with van der Waals surface area (Å²) in [6, 6.07) is 19.9. The van der Waals surface area contributed by atoms with Crippen LogP contribution in [0, 0.1) is 6.92 Å². The van der Waals surface area contributed by atoms with E-state index in [4.69, 9.17) is 14.7 Å². The van der Waals surface area contributed by atoms with E-state index in [0.717, 1.165) is 71.5 Å². The lowest BCUT2D eigenvalue weighted by molar-refractivity contribution is 0.415. The third-order valence-corrected chi connectivity index (χ3v) is 5.66. The average molecular weight is 412 g/mol. The first-order valence-corrected chi connectivity index (χ1v) is 10.4. The van der Waals surface area contributed by atoms with Crippen LogP contribution in [0.5, 0.6) is 5.75 Å². The van der Waals surface area contributed by atoms with E-state index in [1.807, 2.05) is 67.6 Å². The minimum atomic E-state index is 0.831. The molecule has 0 unspecified atom stereocenters. The second kappa shape index (κ2) is 8.18. The van der Waals surface area contributed by atoms with Gasteiger partial charge in [-0.1, -0.05) is 12.1 Å². The Morgan fingerprint density at radius 1 is 0.742 bits per heavy atom. The Morgan fingerprint density at radius 2 is 1.42 bits per heavy atom. The number of hydrogen-bond acceptors (Lipinski definition) is 7. The molecule has 1 aliphatic rings. The van der Waals surface area contributed by atoms with Crippen molar-refractivity contribution in [3.05, 3.63) is 66.4 Å². The molecule has 0 spiro atoms. The molecule has 0 aliphatic carbocycles. The molecule has 0 saturated carbocycles. The van der Waals surface area contributed by atoms with Gasteiger partial charge in [0.2, 0.25) is 0 Å². The number of fused-ring (bicyclic) bond motifs is 1. The van der Waals surface area contributed by atoms with E-state index in [1.54, 1.807) is 7.11 Å². The van der Waals surface area contributed by atoms with E-state index in [1.165, 1.54) is 0 Å². The third-order valence-electron chi connectivity index (χ3n) is 5.66. The van der Waals surface area contributed by atoms with Gasteiger partial charge in [-0.2, -0.15) is 0 Å². The number of anilines is 2. The maximum absolute atomic E-state index is 5.22. The van der Waals surface area contributed by atoms with E-state index in [0.29, 0.717) is 0 Å². The lowest BCUT2D eigenvalue weighted by Gasteiger charge is -2.36. The van der Waals surface area contributed by atoms with E-state index in [9.17, 15) is 0 Å². The summed E-state index contributed by atoms with van der Waals surface area (Å²) in [4.78, 5) is 14.2. The first kappa shape index (κ1) is 19.2. The lowest BCUT2D eigenvalue weighted by Crippen LogP contribution is -2.47. The molecule has 0 amide bonds. The van der Waals surface area contributed by atoms with Gasteiger partial charge < -0.3 is 14.5 Å². The van der Waals surface area contributed by atoms with Crippen LogP contribution in [-0.4, -0.2) is 53.5 Å². The zero-order chi connectivity index (χ0) is 21.2. The molecule has 0 bridgehead atoms. The molecule has 7 nitrogen and oxygen atoms in total. The van der Waals surface area contributed by atoms with Gasteiger partial charge >= 0.3 is 0 Å². The Labute approximate surface area is 181 Å². The number of hydrogen-bond donors (Lipinski definition) is 0. The number of ether oxygens (including phenoxy) is 1. The number of aryl methyl sites for hydroxylation is 1. The molecule has 0 atom stereocenters. The molecular weight excluding hydrogens is 388 g/mol. The van der Waals surface area contributed by atoms with Crippen LogP contribution in [0.4, 0.5) is 11.6 Å². The molecule has 156 valence electrons. The fraction of sp³-hybridized carbons (Fsp3) is 0.250. The molecular formula is C24H24N6O. The Kier molecular flexibility index (Phi) is 5.08. The summed E-state index contributed by atoms with van der Waals surface area (Å²) in [6.07, 6.45) is 0. The summed E-state index contributed by atoms with van der Waals surface area (Å²) in [7, 11) is 1.66. The quantitative estimate of drug-likeness (QED) is 0.506. The SMILES string of the molecule is COc1ccc(-c2ccc(N3CCN(c4nc5ccccc5nc4C)CC3)nn2)cc1. The highest BCUT2D eigenvalue weighted by molar-refractivity contribution is 5.76. The van der Waals surface area contributed by atoms with Crippen LogP contribution in [0.2, 0.25) is 0 Å². The van der Waals surface area contributed by atoms with E-state index in [2.05, 4.69) is 20.0 Å². The lowest BCUT2D eigenvalue weighted by atomic mass is 10.1. The van der Waals surface area contributed by atoms with Crippen molar-refractivity contribution in [1.82, 2.24) is 20.2 Å². The van der Waals surface area contributed by atoms with Crippen LogP contribution >= 0.6 is 0 Å². The fourth-order valence-corrected chi connectivity index (χ4v) is 3.94. The normalized spacial score (nSPS) is 14.1. The van der Waals surface area contributed by atoms with Crippen LogP contribution in [0.25, 0.3) is 22.3 Å². The highest BCUT2D eigenvalue weighted by atomic mass is 16.5. The second-order valence-electron chi connectivity index (χ2n) is 7.60. The van der Waals surface area contributed by atoms with Crippen molar-refractivity contribution in [3.63, 3.8) is 0 Å². The van der Waals surface area contributed by atoms with Gasteiger partial charge in [-0.15, -0.1) is 10.2 Å². The number of methoxy groups -OCH3 is 1. The number of benzene rings is 2. The van der Waals surface area contributed by atoms with Gasteiger partial charge in [-0.25, -0.2) is 9.97 Å². The number of piperazine rings is 1. The van der Waals surface area contributed by atoms with Gasteiger partial charge in [0.25, 0.3) is 0 Å². The monoisotopic (exact) mass is 412 g/mol. The predicted octanol–water partition coefficient (Wildman–Crippen LogP) is 3.73.